The predicted octanol–water partition coefficient (Wildman–Crippen LogP) is 4.52. The van der Waals surface area contributed by atoms with E-state index in [2.05, 4.69) is 20.4 Å². The average molecular weight is 473 g/mol. The SMILES string of the molecule is COc1cc(-c2nn3c(-c4cnc(C)c(C(F)(F)F)c4)cnc3o2)ccc1OC1CCNCC1. The van der Waals surface area contributed by atoms with Crippen molar-refractivity contribution in [2.75, 3.05) is 20.2 Å². The smallest absolute Gasteiger partial charge is 0.418 e. The standard InChI is InChI=1S/C23H22F3N5O3/c1-13-17(23(24,25)26)9-15(11-28-13)18-12-29-22-31(18)30-21(34-22)14-3-4-19(20(10-14)32-2)33-16-5-7-27-8-6-16/h3-4,9-12,16,27H,5-8H2,1-2H3. The maximum Gasteiger partial charge on any atom is 0.418 e. The van der Waals surface area contributed by atoms with E-state index >= 15 is 0 Å². The number of pyridine rings is 1. The van der Waals surface area contributed by atoms with Crippen LogP contribution in [-0.4, -0.2) is 45.9 Å². The van der Waals surface area contributed by atoms with Crippen molar-refractivity contribution in [3.8, 4) is 34.2 Å². The van der Waals surface area contributed by atoms with Gasteiger partial charge in [0.25, 0.3) is 0 Å². The summed E-state index contributed by atoms with van der Waals surface area (Å²) in [6.07, 6.45) is 0.179. The molecule has 11 heteroatoms. The number of methoxy groups -OCH3 is 1. The number of ether oxygens (including phenoxy) is 2. The van der Waals surface area contributed by atoms with Crippen molar-refractivity contribution in [1.82, 2.24) is 24.9 Å². The molecule has 8 nitrogen and oxygen atoms in total. The largest absolute Gasteiger partial charge is 0.493 e. The maximum atomic E-state index is 13.3. The Morgan fingerprint density at radius 3 is 2.59 bits per heavy atom. The molecule has 0 atom stereocenters. The first-order valence-corrected chi connectivity index (χ1v) is 10.8. The number of alkyl halides is 3. The zero-order chi connectivity index (χ0) is 23.9. The summed E-state index contributed by atoms with van der Waals surface area (Å²) in [6.45, 7) is 3.13. The van der Waals surface area contributed by atoms with Crippen molar-refractivity contribution >= 4 is 5.84 Å². The highest BCUT2D eigenvalue weighted by Crippen LogP contribution is 2.36. The molecule has 1 aliphatic rings. The van der Waals surface area contributed by atoms with Crippen LogP contribution in [0.1, 0.15) is 24.1 Å². The maximum absolute atomic E-state index is 13.3. The summed E-state index contributed by atoms with van der Waals surface area (Å²) in [6, 6.07) is 6.37. The van der Waals surface area contributed by atoms with Crippen molar-refractivity contribution in [3.63, 3.8) is 0 Å². The van der Waals surface area contributed by atoms with Crippen LogP contribution in [0.25, 0.3) is 28.6 Å². The van der Waals surface area contributed by atoms with Crippen LogP contribution in [-0.2, 0) is 6.18 Å². The van der Waals surface area contributed by atoms with Gasteiger partial charge < -0.3 is 19.2 Å². The van der Waals surface area contributed by atoms with Gasteiger partial charge in [0.1, 0.15) is 6.10 Å². The Hall–Kier alpha value is -3.60. The average Bonchev–Trinajstić information content (AvgIpc) is 3.41. The number of fused-ring (bicyclic) bond motifs is 1. The highest BCUT2D eigenvalue weighted by Gasteiger charge is 2.33. The van der Waals surface area contributed by atoms with E-state index in [0.717, 1.165) is 32.0 Å². The summed E-state index contributed by atoms with van der Waals surface area (Å²) >= 11 is 0. The fourth-order valence-corrected chi connectivity index (χ4v) is 3.96. The Morgan fingerprint density at radius 1 is 1.06 bits per heavy atom. The third-order valence-electron chi connectivity index (χ3n) is 5.76. The van der Waals surface area contributed by atoms with Gasteiger partial charge in [0.2, 0.25) is 5.89 Å². The van der Waals surface area contributed by atoms with E-state index in [1.54, 1.807) is 25.3 Å². The van der Waals surface area contributed by atoms with E-state index in [-0.39, 0.29) is 29.1 Å². The fourth-order valence-electron chi connectivity index (χ4n) is 3.96. The van der Waals surface area contributed by atoms with Gasteiger partial charge in [-0.1, -0.05) is 0 Å². The number of nitrogens with one attached hydrogen (secondary N) is 1. The Kier molecular flexibility index (Phi) is 5.64. The fraction of sp³-hybridized carbons (Fsp3) is 0.348. The quantitative estimate of drug-likeness (QED) is 0.456. The number of hydrogen-bond acceptors (Lipinski definition) is 7. The first kappa shape index (κ1) is 22.2. The van der Waals surface area contributed by atoms with Crippen LogP contribution in [0.4, 0.5) is 13.2 Å². The van der Waals surface area contributed by atoms with Gasteiger partial charge in [-0.15, -0.1) is 5.10 Å². The molecule has 0 unspecified atom stereocenters. The third kappa shape index (κ3) is 4.18. The van der Waals surface area contributed by atoms with Gasteiger partial charge in [0.05, 0.1) is 24.6 Å². The molecule has 0 amide bonds. The van der Waals surface area contributed by atoms with E-state index in [0.29, 0.717) is 22.8 Å². The van der Waals surface area contributed by atoms with Crippen LogP contribution < -0.4 is 14.8 Å². The molecule has 1 saturated heterocycles. The number of halogens is 3. The first-order valence-electron chi connectivity index (χ1n) is 10.8. The molecule has 34 heavy (non-hydrogen) atoms. The number of benzene rings is 1. The molecule has 4 aromatic rings. The van der Waals surface area contributed by atoms with Crippen molar-refractivity contribution < 1.29 is 27.1 Å². The first-order chi connectivity index (χ1) is 16.3. The van der Waals surface area contributed by atoms with Crippen molar-refractivity contribution in [3.05, 3.63) is 47.9 Å². The third-order valence-corrected chi connectivity index (χ3v) is 5.76. The Balaban J connectivity index is 1.47. The van der Waals surface area contributed by atoms with Gasteiger partial charge in [-0.25, -0.2) is 4.98 Å². The van der Waals surface area contributed by atoms with Gasteiger partial charge in [-0.2, -0.15) is 17.7 Å². The zero-order valence-corrected chi connectivity index (χ0v) is 18.5. The van der Waals surface area contributed by atoms with Gasteiger partial charge in [-0.3, -0.25) is 4.98 Å². The van der Waals surface area contributed by atoms with Crippen molar-refractivity contribution in [2.45, 2.75) is 32.0 Å². The highest BCUT2D eigenvalue weighted by molar-refractivity contribution is 5.64. The van der Waals surface area contributed by atoms with Crippen LogP contribution in [0.15, 0.2) is 41.1 Å². The van der Waals surface area contributed by atoms with Crippen LogP contribution in [0.5, 0.6) is 11.5 Å². The molecule has 0 radical (unpaired) electrons. The van der Waals surface area contributed by atoms with Gasteiger partial charge >= 0.3 is 12.0 Å². The molecule has 4 heterocycles. The second-order valence-electron chi connectivity index (χ2n) is 8.03. The molecular formula is C23H22F3N5O3. The number of rotatable bonds is 5. The van der Waals surface area contributed by atoms with Gasteiger partial charge in [-0.05, 0) is 57.1 Å². The van der Waals surface area contributed by atoms with E-state index in [9.17, 15) is 13.2 Å². The summed E-state index contributed by atoms with van der Waals surface area (Å²) in [5.41, 5.74) is 0.271. The molecular weight excluding hydrogens is 451 g/mol. The van der Waals surface area contributed by atoms with Gasteiger partial charge in [0, 0.05) is 23.0 Å². The molecule has 1 aromatic carbocycles. The van der Waals surface area contributed by atoms with Gasteiger partial charge in [0.15, 0.2) is 11.5 Å². The molecule has 0 aliphatic carbocycles. The lowest BCUT2D eigenvalue weighted by Gasteiger charge is -2.24. The monoisotopic (exact) mass is 473 g/mol. The van der Waals surface area contributed by atoms with E-state index in [1.807, 2.05) is 0 Å². The summed E-state index contributed by atoms with van der Waals surface area (Å²) in [5, 5.41) is 7.73. The Morgan fingerprint density at radius 2 is 1.85 bits per heavy atom. The minimum absolute atomic E-state index is 0.100. The minimum atomic E-state index is -4.51. The van der Waals surface area contributed by atoms with Crippen LogP contribution >= 0.6 is 0 Å². The minimum Gasteiger partial charge on any atom is -0.493 e. The zero-order valence-electron chi connectivity index (χ0n) is 18.5. The molecule has 0 spiro atoms. The Labute approximate surface area is 192 Å². The molecule has 0 bridgehead atoms. The lowest BCUT2D eigenvalue weighted by Crippen LogP contribution is -2.34. The van der Waals surface area contributed by atoms with E-state index in [4.69, 9.17) is 13.9 Å². The number of nitrogens with zero attached hydrogens (tertiary/aromatic N) is 4. The number of hydrogen-bond donors (Lipinski definition) is 1. The summed E-state index contributed by atoms with van der Waals surface area (Å²) in [5.74, 6) is 1.55. The summed E-state index contributed by atoms with van der Waals surface area (Å²) < 4.78 is 58.7. The summed E-state index contributed by atoms with van der Waals surface area (Å²) in [4.78, 5) is 8.06. The van der Waals surface area contributed by atoms with Crippen LogP contribution in [0.2, 0.25) is 0 Å². The molecule has 1 N–H and O–H groups in total. The molecule has 0 saturated carbocycles. The lowest BCUT2D eigenvalue weighted by atomic mass is 10.1. The summed E-state index contributed by atoms with van der Waals surface area (Å²) in [7, 11) is 1.55. The second kappa shape index (κ2) is 8.64. The normalized spacial score (nSPS) is 15.1. The topological polar surface area (TPSA) is 86.7 Å². The van der Waals surface area contributed by atoms with Crippen molar-refractivity contribution in [1.29, 1.82) is 0 Å². The Bertz CT molecular complexity index is 1330. The van der Waals surface area contributed by atoms with E-state index < -0.39 is 11.7 Å². The number of piperidine rings is 1. The second-order valence-corrected chi connectivity index (χ2v) is 8.03. The molecule has 1 aliphatic heterocycles. The highest BCUT2D eigenvalue weighted by atomic mass is 19.4. The molecule has 3 aromatic heterocycles. The van der Waals surface area contributed by atoms with Crippen LogP contribution in [0, 0.1) is 6.92 Å². The van der Waals surface area contributed by atoms with Crippen LogP contribution in [0.3, 0.4) is 0 Å². The number of aromatic nitrogens is 4. The van der Waals surface area contributed by atoms with E-state index in [1.165, 1.54) is 23.8 Å². The van der Waals surface area contributed by atoms with Crippen molar-refractivity contribution in [2.24, 2.45) is 0 Å². The predicted molar refractivity (Wildman–Crippen MR) is 117 cm³/mol. The molecule has 1 fully saturated rings. The lowest BCUT2D eigenvalue weighted by molar-refractivity contribution is -0.138. The molecule has 178 valence electrons. The number of aryl methyl sites for hydroxylation is 1. The molecule has 5 rings (SSSR count). The number of imidazole rings is 1.